The van der Waals surface area contributed by atoms with Gasteiger partial charge in [-0.3, -0.25) is 4.84 Å². The number of rotatable bonds is 3. The van der Waals surface area contributed by atoms with E-state index in [1.165, 1.54) is 0 Å². The lowest BCUT2D eigenvalue weighted by atomic mass is 9.91. The van der Waals surface area contributed by atoms with E-state index in [1.807, 2.05) is 31.2 Å². The summed E-state index contributed by atoms with van der Waals surface area (Å²) < 4.78 is 12.1. The molecule has 18 heavy (non-hydrogen) atoms. The van der Waals surface area contributed by atoms with Gasteiger partial charge in [-0.2, -0.15) is 0 Å². The molecule has 0 bridgehead atoms. The smallest absolute Gasteiger partial charge is 0.164 e. The van der Waals surface area contributed by atoms with Gasteiger partial charge in [0.25, 0.3) is 0 Å². The second kappa shape index (κ2) is 5.16. The Morgan fingerprint density at radius 3 is 2.78 bits per heavy atom. The van der Waals surface area contributed by atoms with Crippen LogP contribution in [-0.4, -0.2) is 24.9 Å². The van der Waals surface area contributed by atoms with Crippen molar-refractivity contribution in [3.05, 3.63) is 24.3 Å². The van der Waals surface area contributed by atoms with Crippen LogP contribution in [0.15, 0.2) is 24.3 Å². The van der Waals surface area contributed by atoms with Crippen molar-refractivity contribution in [1.82, 2.24) is 5.48 Å². The number of para-hydroxylation sites is 2. The summed E-state index contributed by atoms with van der Waals surface area (Å²) in [6.45, 7) is 2.82. The third-order valence-electron chi connectivity index (χ3n) is 3.48. The van der Waals surface area contributed by atoms with Gasteiger partial charge in [-0.05, 0) is 31.4 Å². The van der Waals surface area contributed by atoms with Crippen LogP contribution in [-0.2, 0) is 4.84 Å². The highest BCUT2D eigenvalue weighted by atomic mass is 16.7. The Morgan fingerprint density at radius 2 is 2.00 bits per heavy atom. The normalized spacial score (nSPS) is 29.7. The highest BCUT2D eigenvalue weighted by Crippen LogP contribution is 2.38. The van der Waals surface area contributed by atoms with Crippen molar-refractivity contribution >= 4 is 0 Å². The molecule has 3 unspecified atom stereocenters. The molecular weight excluding hydrogens is 230 g/mol. The Balaban J connectivity index is 1.77. The number of ether oxygens (including phenoxy) is 2. The van der Waals surface area contributed by atoms with Crippen molar-refractivity contribution in [3.8, 4) is 11.5 Å². The van der Waals surface area contributed by atoms with Gasteiger partial charge in [0.05, 0.1) is 0 Å². The minimum atomic E-state index is -0.00676. The lowest BCUT2D eigenvalue weighted by Gasteiger charge is -2.40. The van der Waals surface area contributed by atoms with Crippen molar-refractivity contribution in [2.45, 2.75) is 44.5 Å². The summed E-state index contributed by atoms with van der Waals surface area (Å²) in [4.78, 5) is 5.66. The van der Waals surface area contributed by atoms with Gasteiger partial charge in [-0.15, -0.1) is 0 Å². The Hall–Kier alpha value is -1.26. The van der Waals surface area contributed by atoms with E-state index in [0.717, 1.165) is 37.3 Å². The molecule has 4 heteroatoms. The molecule has 98 valence electrons. The molecule has 0 saturated heterocycles. The molecule has 1 aromatic rings. The van der Waals surface area contributed by atoms with Crippen LogP contribution < -0.4 is 15.0 Å². The summed E-state index contributed by atoms with van der Waals surface area (Å²) in [5, 5.41) is 0. The number of benzene rings is 1. The van der Waals surface area contributed by atoms with Crippen LogP contribution in [0.1, 0.15) is 26.2 Å². The van der Waals surface area contributed by atoms with Crippen molar-refractivity contribution in [2.75, 3.05) is 6.54 Å². The summed E-state index contributed by atoms with van der Waals surface area (Å²) in [7, 11) is 0. The molecule has 0 radical (unpaired) electrons. The molecule has 0 spiro atoms. The van der Waals surface area contributed by atoms with Crippen LogP contribution in [0.4, 0.5) is 0 Å². The maximum atomic E-state index is 6.06. The number of hydrogen-bond donors (Lipinski definition) is 1. The molecule has 3 atom stereocenters. The summed E-state index contributed by atoms with van der Waals surface area (Å²) in [5.74, 6) is 1.67. The van der Waals surface area contributed by atoms with Gasteiger partial charge in [0.2, 0.25) is 0 Å². The van der Waals surface area contributed by atoms with Crippen LogP contribution >= 0.6 is 0 Å². The Bertz CT molecular complexity index is 410. The molecule has 0 aromatic heterocycles. The predicted molar refractivity (Wildman–Crippen MR) is 67.7 cm³/mol. The third-order valence-corrected chi connectivity index (χ3v) is 3.48. The van der Waals surface area contributed by atoms with Crippen molar-refractivity contribution in [1.29, 1.82) is 0 Å². The Kier molecular flexibility index (Phi) is 3.39. The zero-order chi connectivity index (χ0) is 12.4. The number of fused-ring (bicyclic) bond motifs is 2. The minimum Gasteiger partial charge on any atom is -0.483 e. The molecule has 1 aliphatic carbocycles. The molecule has 1 aromatic carbocycles. The van der Waals surface area contributed by atoms with Gasteiger partial charge in [0, 0.05) is 6.54 Å². The predicted octanol–water partition coefficient (Wildman–Crippen LogP) is 2.29. The number of nitrogens with one attached hydrogen (secondary N) is 1. The molecular formula is C14H19NO3. The standard InChI is InChI=1S/C14H19NO3/c1-2-15-18-13-9-5-8-12-14(13)17-11-7-4-3-6-10(11)16-12/h3-4,6-7,12-15H,2,5,8-9H2,1H3. The van der Waals surface area contributed by atoms with E-state index in [9.17, 15) is 0 Å². The SMILES string of the molecule is CCNOC1CCCC2Oc3ccccc3OC12. The van der Waals surface area contributed by atoms with E-state index >= 15 is 0 Å². The van der Waals surface area contributed by atoms with Crippen molar-refractivity contribution < 1.29 is 14.3 Å². The van der Waals surface area contributed by atoms with Crippen LogP contribution in [0.3, 0.4) is 0 Å². The second-order valence-electron chi connectivity index (χ2n) is 4.77. The first kappa shape index (κ1) is 11.8. The summed E-state index contributed by atoms with van der Waals surface area (Å²) >= 11 is 0. The van der Waals surface area contributed by atoms with Gasteiger partial charge >= 0.3 is 0 Å². The number of hydrogen-bond acceptors (Lipinski definition) is 4. The lowest BCUT2D eigenvalue weighted by molar-refractivity contribution is -0.136. The molecule has 1 heterocycles. The first-order chi connectivity index (χ1) is 8.88. The monoisotopic (exact) mass is 249 g/mol. The molecule has 1 N–H and O–H groups in total. The van der Waals surface area contributed by atoms with E-state index in [0.29, 0.717) is 0 Å². The summed E-state index contributed by atoms with van der Waals surface area (Å²) in [6, 6.07) is 7.84. The Morgan fingerprint density at radius 1 is 1.22 bits per heavy atom. The molecule has 2 aliphatic rings. The fraction of sp³-hybridized carbons (Fsp3) is 0.571. The minimum absolute atomic E-state index is 0.00676. The maximum Gasteiger partial charge on any atom is 0.164 e. The average Bonchev–Trinajstić information content (AvgIpc) is 2.43. The molecule has 1 fully saturated rings. The van der Waals surface area contributed by atoms with Gasteiger partial charge in [-0.25, -0.2) is 5.48 Å². The quantitative estimate of drug-likeness (QED) is 0.834. The van der Waals surface area contributed by atoms with Gasteiger partial charge in [0.1, 0.15) is 12.2 Å². The summed E-state index contributed by atoms with van der Waals surface area (Å²) in [5.41, 5.74) is 2.94. The Labute approximate surface area is 107 Å². The van der Waals surface area contributed by atoms with Crippen molar-refractivity contribution in [2.24, 2.45) is 0 Å². The van der Waals surface area contributed by atoms with E-state index in [4.69, 9.17) is 14.3 Å². The third kappa shape index (κ3) is 2.18. The van der Waals surface area contributed by atoms with E-state index in [2.05, 4.69) is 5.48 Å². The molecule has 1 saturated carbocycles. The van der Waals surface area contributed by atoms with E-state index in [-0.39, 0.29) is 18.3 Å². The highest BCUT2D eigenvalue weighted by Gasteiger charge is 2.41. The van der Waals surface area contributed by atoms with E-state index < -0.39 is 0 Å². The van der Waals surface area contributed by atoms with E-state index in [1.54, 1.807) is 0 Å². The zero-order valence-corrected chi connectivity index (χ0v) is 10.6. The van der Waals surface area contributed by atoms with Crippen LogP contribution in [0.2, 0.25) is 0 Å². The van der Waals surface area contributed by atoms with Gasteiger partial charge < -0.3 is 9.47 Å². The first-order valence-electron chi connectivity index (χ1n) is 6.69. The maximum absolute atomic E-state index is 6.06. The average molecular weight is 249 g/mol. The zero-order valence-electron chi connectivity index (χ0n) is 10.6. The lowest BCUT2D eigenvalue weighted by Crippen LogP contribution is -2.52. The summed E-state index contributed by atoms with van der Waals surface area (Å²) in [6.07, 6.45) is 3.33. The first-order valence-corrected chi connectivity index (χ1v) is 6.69. The second-order valence-corrected chi connectivity index (χ2v) is 4.77. The van der Waals surface area contributed by atoms with Crippen LogP contribution in [0.5, 0.6) is 11.5 Å². The fourth-order valence-electron chi connectivity index (χ4n) is 2.64. The molecule has 0 amide bonds. The largest absolute Gasteiger partial charge is 0.483 e. The van der Waals surface area contributed by atoms with Crippen LogP contribution in [0.25, 0.3) is 0 Å². The topological polar surface area (TPSA) is 39.7 Å². The van der Waals surface area contributed by atoms with Crippen molar-refractivity contribution in [3.63, 3.8) is 0 Å². The van der Waals surface area contributed by atoms with Gasteiger partial charge in [-0.1, -0.05) is 19.1 Å². The highest BCUT2D eigenvalue weighted by molar-refractivity contribution is 5.41. The fourth-order valence-corrected chi connectivity index (χ4v) is 2.64. The molecule has 1 aliphatic heterocycles. The van der Waals surface area contributed by atoms with Gasteiger partial charge in [0.15, 0.2) is 17.6 Å². The molecule has 4 nitrogen and oxygen atoms in total. The number of hydroxylamine groups is 1. The van der Waals surface area contributed by atoms with Crippen LogP contribution in [0, 0.1) is 0 Å². The molecule has 3 rings (SSSR count).